The molecule has 1 aromatic rings. The third kappa shape index (κ3) is 2.11. The van der Waals surface area contributed by atoms with Crippen LogP contribution >= 0.6 is 11.3 Å². The van der Waals surface area contributed by atoms with Crippen molar-refractivity contribution in [3.8, 4) is 0 Å². The lowest BCUT2D eigenvalue weighted by Crippen LogP contribution is -2.37. The Morgan fingerprint density at radius 3 is 2.80 bits per heavy atom. The Bertz CT molecular complexity index is 328. The molecule has 82 valence electrons. The van der Waals surface area contributed by atoms with E-state index in [2.05, 4.69) is 4.98 Å². The van der Waals surface area contributed by atoms with Gasteiger partial charge in [0, 0.05) is 29.5 Å². The number of Topliss-reactive ketones (excluding diaryl/α,β-unsaturated/α-hetero) is 1. The maximum atomic E-state index is 12.2. The van der Waals surface area contributed by atoms with Gasteiger partial charge in [-0.05, 0) is 12.8 Å². The number of carbonyl (C=O) groups excluding carboxylic acids is 1. The minimum Gasteiger partial charge on any atom is -0.329 e. The molecule has 3 nitrogen and oxygen atoms in total. The minimum atomic E-state index is -0.218. The number of thiazole rings is 1. The summed E-state index contributed by atoms with van der Waals surface area (Å²) >= 11 is 1.55. The summed E-state index contributed by atoms with van der Waals surface area (Å²) in [6, 6.07) is 0. The van der Waals surface area contributed by atoms with Crippen molar-refractivity contribution in [1.82, 2.24) is 4.98 Å². The van der Waals surface area contributed by atoms with Gasteiger partial charge >= 0.3 is 0 Å². The van der Waals surface area contributed by atoms with Crippen LogP contribution in [0.5, 0.6) is 0 Å². The fourth-order valence-corrected chi connectivity index (χ4v) is 2.92. The summed E-state index contributed by atoms with van der Waals surface area (Å²) in [5.41, 5.74) is 7.32. The topological polar surface area (TPSA) is 56.0 Å². The van der Waals surface area contributed by atoms with Gasteiger partial charge in [-0.25, -0.2) is 0 Å². The molecule has 0 unspecified atom stereocenters. The molecular weight excluding hydrogens is 208 g/mol. The molecule has 0 amide bonds. The van der Waals surface area contributed by atoms with Crippen molar-refractivity contribution in [3.63, 3.8) is 0 Å². The van der Waals surface area contributed by atoms with Gasteiger partial charge in [-0.3, -0.25) is 9.78 Å². The van der Waals surface area contributed by atoms with E-state index in [-0.39, 0.29) is 5.41 Å². The molecule has 1 fully saturated rings. The molecule has 0 radical (unpaired) electrons. The van der Waals surface area contributed by atoms with Crippen molar-refractivity contribution < 1.29 is 4.79 Å². The predicted molar refractivity (Wildman–Crippen MR) is 60.8 cm³/mol. The summed E-state index contributed by atoms with van der Waals surface area (Å²) < 4.78 is 0. The normalized spacial score (nSPS) is 19.3. The average molecular weight is 224 g/mol. The Morgan fingerprint density at radius 1 is 1.53 bits per heavy atom. The Balaban J connectivity index is 2.06. The van der Waals surface area contributed by atoms with Crippen LogP contribution in [0, 0.1) is 5.41 Å². The third-order valence-electron chi connectivity index (χ3n) is 3.36. The molecule has 0 bridgehead atoms. The fourth-order valence-electron chi connectivity index (χ4n) is 2.32. The van der Waals surface area contributed by atoms with Gasteiger partial charge in [-0.2, -0.15) is 0 Å². The van der Waals surface area contributed by atoms with Crippen molar-refractivity contribution >= 4 is 17.1 Å². The van der Waals surface area contributed by atoms with Crippen LogP contribution < -0.4 is 5.73 Å². The van der Waals surface area contributed by atoms with Crippen molar-refractivity contribution in [2.24, 2.45) is 11.1 Å². The van der Waals surface area contributed by atoms with Crippen LogP contribution in [0.15, 0.2) is 11.7 Å². The first-order valence-corrected chi connectivity index (χ1v) is 6.25. The fraction of sp³-hybridized carbons (Fsp3) is 0.636. The van der Waals surface area contributed by atoms with E-state index in [1.807, 2.05) is 0 Å². The van der Waals surface area contributed by atoms with Crippen LogP contribution in [-0.2, 0) is 11.2 Å². The van der Waals surface area contributed by atoms with Gasteiger partial charge in [-0.15, -0.1) is 11.3 Å². The molecule has 2 N–H and O–H groups in total. The minimum absolute atomic E-state index is 0.218. The SMILES string of the molecule is NCC1(C(=O)Cc2cncs2)CCCC1. The van der Waals surface area contributed by atoms with Gasteiger partial charge in [0.05, 0.1) is 5.51 Å². The molecule has 15 heavy (non-hydrogen) atoms. The van der Waals surface area contributed by atoms with Crippen molar-refractivity contribution in [3.05, 3.63) is 16.6 Å². The lowest BCUT2D eigenvalue weighted by molar-refractivity contribution is -0.127. The quantitative estimate of drug-likeness (QED) is 0.848. The zero-order valence-corrected chi connectivity index (χ0v) is 9.55. The summed E-state index contributed by atoms with van der Waals surface area (Å²) in [6.45, 7) is 0.505. The lowest BCUT2D eigenvalue weighted by atomic mass is 9.80. The van der Waals surface area contributed by atoms with Crippen molar-refractivity contribution in [1.29, 1.82) is 0 Å². The maximum Gasteiger partial charge on any atom is 0.145 e. The molecule has 1 saturated carbocycles. The van der Waals surface area contributed by atoms with Crippen LogP contribution in [0.1, 0.15) is 30.6 Å². The Hall–Kier alpha value is -0.740. The second-order valence-electron chi connectivity index (χ2n) is 4.26. The number of aromatic nitrogens is 1. The number of hydrogen-bond donors (Lipinski definition) is 1. The van der Waals surface area contributed by atoms with Crippen LogP contribution in [0.2, 0.25) is 0 Å². The van der Waals surface area contributed by atoms with Gasteiger partial charge in [0.2, 0.25) is 0 Å². The summed E-state index contributed by atoms with van der Waals surface area (Å²) in [5.74, 6) is 0.312. The second kappa shape index (κ2) is 4.41. The number of nitrogens with two attached hydrogens (primary N) is 1. The Kier molecular flexibility index (Phi) is 3.17. The Labute approximate surface area is 93.7 Å². The number of rotatable bonds is 4. The van der Waals surface area contributed by atoms with E-state index in [0.717, 1.165) is 30.6 Å². The highest BCUT2D eigenvalue weighted by molar-refractivity contribution is 7.09. The number of carbonyl (C=O) groups is 1. The smallest absolute Gasteiger partial charge is 0.145 e. The summed E-state index contributed by atoms with van der Waals surface area (Å²) in [4.78, 5) is 17.2. The first kappa shape index (κ1) is 10.8. The van der Waals surface area contributed by atoms with Crippen molar-refractivity contribution in [2.75, 3.05) is 6.54 Å². The largest absolute Gasteiger partial charge is 0.329 e. The van der Waals surface area contributed by atoms with E-state index >= 15 is 0 Å². The highest BCUT2D eigenvalue weighted by atomic mass is 32.1. The van der Waals surface area contributed by atoms with E-state index < -0.39 is 0 Å². The molecule has 2 rings (SSSR count). The summed E-state index contributed by atoms with van der Waals surface area (Å²) in [6.07, 6.45) is 6.53. The molecule has 1 heterocycles. The van der Waals surface area contributed by atoms with E-state index in [0.29, 0.717) is 18.7 Å². The van der Waals surface area contributed by atoms with E-state index in [1.54, 1.807) is 23.0 Å². The molecular formula is C11H16N2OS. The number of hydrogen-bond acceptors (Lipinski definition) is 4. The lowest BCUT2D eigenvalue weighted by Gasteiger charge is -2.24. The van der Waals surface area contributed by atoms with Crippen LogP contribution in [0.3, 0.4) is 0 Å². The summed E-state index contributed by atoms with van der Waals surface area (Å²) in [7, 11) is 0. The highest BCUT2D eigenvalue weighted by Gasteiger charge is 2.39. The summed E-state index contributed by atoms with van der Waals surface area (Å²) in [5, 5.41) is 0. The van der Waals surface area contributed by atoms with Gasteiger partial charge in [0.25, 0.3) is 0 Å². The van der Waals surface area contributed by atoms with Gasteiger partial charge in [-0.1, -0.05) is 12.8 Å². The van der Waals surface area contributed by atoms with E-state index in [9.17, 15) is 4.79 Å². The van der Waals surface area contributed by atoms with Gasteiger partial charge < -0.3 is 5.73 Å². The molecule has 0 saturated heterocycles. The molecule has 0 aromatic carbocycles. The average Bonchev–Trinajstić information content (AvgIpc) is 2.87. The molecule has 0 atom stereocenters. The molecule has 1 aliphatic carbocycles. The Morgan fingerprint density at radius 2 is 2.27 bits per heavy atom. The standard InChI is InChI=1S/C11H16N2OS/c12-7-11(3-1-2-4-11)10(14)5-9-6-13-8-15-9/h6,8H,1-5,7,12H2. The van der Waals surface area contributed by atoms with Crippen LogP contribution in [0.25, 0.3) is 0 Å². The zero-order chi connectivity index (χ0) is 10.7. The molecule has 0 spiro atoms. The first-order valence-electron chi connectivity index (χ1n) is 5.38. The molecule has 4 heteroatoms. The molecule has 1 aliphatic rings. The second-order valence-corrected chi connectivity index (χ2v) is 5.23. The van der Waals surface area contributed by atoms with Crippen LogP contribution in [-0.4, -0.2) is 17.3 Å². The first-order chi connectivity index (χ1) is 7.27. The highest BCUT2D eigenvalue weighted by Crippen LogP contribution is 2.38. The van der Waals surface area contributed by atoms with Gasteiger partial charge in [0.1, 0.15) is 5.78 Å². The predicted octanol–water partition coefficient (Wildman–Crippen LogP) is 1.77. The molecule has 1 aromatic heterocycles. The maximum absolute atomic E-state index is 12.2. The number of nitrogens with zero attached hydrogens (tertiary/aromatic N) is 1. The van der Waals surface area contributed by atoms with Crippen LogP contribution in [0.4, 0.5) is 0 Å². The third-order valence-corrected chi connectivity index (χ3v) is 4.14. The monoisotopic (exact) mass is 224 g/mol. The molecule has 0 aliphatic heterocycles. The number of ketones is 1. The van der Waals surface area contributed by atoms with Gasteiger partial charge in [0.15, 0.2) is 0 Å². The van der Waals surface area contributed by atoms with E-state index in [4.69, 9.17) is 5.73 Å². The van der Waals surface area contributed by atoms with E-state index in [1.165, 1.54) is 0 Å². The van der Waals surface area contributed by atoms with Crippen molar-refractivity contribution in [2.45, 2.75) is 32.1 Å². The zero-order valence-electron chi connectivity index (χ0n) is 8.74.